The van der Waals surface area contributed by atoms with Crippen LogP contribution in [0.3, 0.4) is 0 Å². The van der Waals surface area contributed by atoms with Crippen LogP contribution in [0, 0.1) is 0 Å². The van der Waals surface area contributed by atoms with Crippen molar-refractivity contribution in [1.29, 1.82) is 0 Å². The average Bonchev–Trinajstić information content (AvgIpc) is 3.21. The van der Waals surface area contributed by atoms with Gasteiger partial charge in [-0.25, -0.2) is 4.79 Å². The van der Waals surface area contributed by atoms with Gasteiger partial charge >= 0.3 is 6.03 Å². The van der Waals surface area contributed by atoms with E-state index in [1.807, 2.05) is 17.0 Å². The van der Waals surface area contributed by atoms with E-state index in [2.05, 4.69) is 17.0 Å². The summed E-state index contributed by atoms with van der Waals surface area (Å²) in [6.45, 7) is 5.42. The molecule has 3 heterocycles. The predicted molar refractivity (Wildman–Crippen MR) is 105 cm³/mol. The van der Waals surface area contributed by atoms with E-state index in [1.54, 1.807) is 4.90 Å². The molecular weight excluding hydrogens is 356 g/mol. The Morgan fingerprint density at radius 3 is 2.50 bits per heavy atom. The van der Waals surface area contributed by atoms with Crippen molar-refractivity contribution in [2.24, 2.45) is 5.73 Å². The van der Waals surface area contributed by atoms with Crippen molar-refractivity contribution in [2.45, 2.75) is 43.2 Å². The van der Waals surface area contributed by atoms with Gasteiger partial charge in [-0.15, -0.1) is 0 Å². The van der Waals surface area contributed by atoms with Crippen molar-refractivity contribution in [3.8, 4) is 0 Å². The van der Waals surface area contributed by atoms with Crippen LogP contribution in [0.25, 0.3) is 0 Å². The summed E-state index contributed by atoms with van der Waals surface area (Å²) in [6.07, 6.45) is 4.19. The maximum atomic E-state index is 12.9. The van der Waals surface area contributed by atoms with Crippen molar-refractivity contribution in [2.75, 3.05) is 44.3 Å². The van der Waals surface area contributed by atoms with Gasteiger partial charge in [0.05, 0.1) is 19.3 Å². The molecule has 3 saturated heterocycles. The lowest BCUT2D eigenvalue weighted by Gasteiger charge is -2.31. The van der Waals surface area contributed by atoms with E-state index in [9.17, 15) is 9.59 Å². The van der Waals surface area contributed by atoms with Crippen LogP contribution in [0.1, 0.15) is 31.2 Å². The Morgan fingerprint density at radius 2 is 1.86 bits per heavy atom. The van der Waals surface area contributed by atoms with Gasteiger partial charge in [0.25, 0.3) is 0 Å². The first-order valence-electron chi connectivity index (χ1n) is 10.4. The Kier molecular flexibility index (Phi) is 4.32. The third kappa shape index (κ3) is 2.88. The van der Waals surface area contributed by atoms with Gasteiger partial charge in [0.15, 0.2) is 0 Å². The molecule has 7 heteroatoms. The molecule has 2 N–H and O–H groups in total. The topological polar surface area (TPSA) is 79.1 Å². The second kappa shape index (κ2) is 6.74. The number of morpholine rings is 1. The quantitative estimate of drug-likeness (QED) is 0.830. The number of amides is 3. The first-order valence-corrected chi connectivity index (χ1v) is 10.4. The Balaban J connectivity index is 1.36. The number of primary amides is 1. The molecule has 1 saturated carbocycles. The van der Waals surface area contributed by atoms with Crippen LogP contribution in [0.2, 0.25) is 0 Å². The zero-order valence-electron chi connectivity index (χ0n) is 16.2. The van der Waals surface area contributed by atoms with Gasteiger partial charge < -0.3 is 15.4 Å². The summed E-state index contributed by atoms with van der Waals surface area (Å²) in [6, 6.07) is 7.52. The molecule has 0 radical (unpaired) electrons. The highest BCUT2D eigenvalue weighted by Gasteiger charge is 2.51. The molecule has 150 valence electrons. The maximum absolute atomic E-state index is 12.9. The maximum Gasteiger partial charge on any atom is 0.325 e. The number of ether oxygens (including phenoxy) is 1. The summed E-state index contributed by atoms with van der Waals surface area (Å²) < 4.78 is 5.46. The van der Waals surface area contributed by atoms with Crippen LogP contribution >= 0.6 is 0 Å². The first-order chi connectivity index (χ1) is 13.6. The van der Waals surface area contributed by atoms with Crippen molar-refractivity contribution in [1.82, 2.24) is 9.80 Å². The van der Waals surface area contributed by atoms with Gasteiger partial charge in [0, 0.05) is 37.3 Å². The number of urea groups is 1. The number of hydrogen-bond donors (Lipinski definition) is 1. The summed E-state index contributed by atoms with van der Waals surface area (Å²) in [4.78, 5) is 30.9. The number of carbonyl (C=O) groups is 2. The second-order valence-corrected chi connectivity index (χ2v) is 8.62. The minimum atomic E-state index is -0.566. The van der Waals surface area contributed by atoms with E-state index in [1.165, 1.54) is 18.4 Å². The first kappa shape index (κ1) is 17.9. The van der Waals surface area contributed by atoms with Crippen molar-refractivity contribution in [3.05, 3.63) is 29.8 Å². The molecule has 4 aliphatic rings. The monoisotopic (exact) mass is 384 g/mol. The largest absolute Gasteiger partial charge is 0.379 e. The van der Waals surface area contributed by atoms with Gasteiger partial charge in [-0.1, -0.05) is 12.1 Å². The van der Waals surface area contributed by atoms with Crippen LogP contribution in [-0.2, 0) is 14.9 Å². The van der Waals surface area contributed by atoms with E-state index in [0.717, 1.165) is 51.4 Å². The SMILES string of the molecule is NC(=O)C1[C@H]2CCCN2C(=O)N1c1ccc(C2(CN3CCOCC3)CC2)cc1. The molecule has 0 aromatic heterocycles. The van der Waals surface area contributed by atoms with Gasteiger partial charge in [0.2, 0.25) is 5.91 Å². The molecule has 7 nitrogen and oxygen atoms in total. The van der Waals surface area contributed by atoms with Gasteiger partial charge in [-0.2, -0.15) is 0 Å². The molecule has 2 atom stereocenters. The molecule has 0 spiro atoms. The molecule has 3 aliphatic heterocycles. The van der Waals surface area contributed by atoms with Crippen molar-refractivity contribution < 1.29 is 14.3 Å². The fourth-order valence-electron chi connectivity index (χ4n) is 5.23. The third-order valence-electron chi connectivity index (χ3n) is 6.93. The van der Waals surface area contributed by atoms with Crippen LogP contribution in [0.4, 0.5) is 10.5 Å². The number of carbonyl (C=O) groups excluding carboxylic acids is 2. The highest BCUT2D eigenvalue weighted by atomic mass is 16.5. The zero-order valence-corrected chi connectivity index (χ0v) is 16.2. The number of nitrogens with zero attached hydrogens (tertiary/aromatic N) is 3. The predicted octanol–water partition coefficient (Wildman–Crippen LogP) is 1.31. The van der Waals surface area contributed by atoms with Gasteiger partial charge in [-0.3, -0.25) is 14.6 Å². The number of rotatable bonds is 5. The Labute approximate surface area is 165 Å². The number of anilines is 1. The summed E-state index contributed by atoms with van der Waals surface area (Å²) in [5.41, 5.74) is 8.01. The standard InChI is InChI=1S/C21H28N4O3/c22-19(26)18-17-2-1-9-24(17)20(27)25(18)16-5-3-15(4-6-16)21(7-8-21)14-23-10-12-28-13-11-23/h3-6,17-18H,1-2,7-14H2,(H2,22,26)/t17-,18?/m1/s1. The average molecular weight is 384 g/mol. The molecule has 1 aliphatic carbocycles. The molecule has 4 fully saturated rings. The molecule has 28 heavy (non-hydrogen) atoms. The second-order valence-electron chi connectivity index (χ2n) is 8.62. The lowest BCUT2D eigenvalue weighted by Crippen LogP contribution is -2.46. The Morgan fingerprint density at radius 1 is 1.14 bits per heavy atom. The van der Waals surface area contributed by atoms with E-state index < -0.39 is 11.9 Å². The summed E-state index contributed by atoms with van der Waals surface area (Å²) in [5.74, 6) is -0.419. The molecule has 0 bridgehead atoms. The molecule has 1 aromatic carbocycles. The normalized spacial score (nSPS) is 29.2. The number of nitrogens with two attached hydrogens (primary N) is 1. The Hall–Kier alpha value is -2.12. The van der Waals surface area contributed by atoms with E-state index in [-0.39, 0.29) is 17.5 Å². The minimum Gasteiger partial charge on any atom is -0.379 e. The van der Waals surface area contributed by atoms with Crippen molar-refractivity contribution >= 4 is 17.6 Å². The highest BCUT2D eigenvalue weighted by Crippen LogP contribution is 2.49. The minimum absolute atomic E-state index is 0.0826. The number of fused-ring (bicyclic) bond motifs is 1. The summed E-state index contributed by atoms with van der Waals surface area (Å²) in [5, 5.41) is 0. The number of benzene rings is 1. The number of hydrogen-bond acceptors (Lipinski definition) is 4. The third-order valence-corrected chi connectivity index (χ3v) is 6.93. The summed E-state index contributed by atoms with van der Waals surface area (Å²) in [7, 11) is 0. The van der Waals surface area contributed by atoms with Crippen LogP contribution in [-0.4, -0.2) is 73.2 Å². The van der Waals surface area contributed by atoms with Crippen LogP contribution < -0.4 is 10.6 Å². The smallest absolute Gasteiger partial charge is 0.325 e. The fourth-order valence-corrected chi connectivity index (χ4v) is 5.23. The van der Waals surface area contributed by atoms with Gasteiger partial charge in [0.1, 0.15) is 6.04 Å². The Bertz CT molecular complexity index is 770. The van der Waals surface area contributed by atoms with E-state index in [0.29, 0.717) is 6.54 Å². The molecule has 1 unspecified atom stereocenters. The van der Waals surface area contributed by atoms with E-state index >= 15 is 0 Å². The molecule has 1 aromatic rings. The van der Waals surface area contributed by atoms with Gasteiger partial charge in [-0.05, 0) is 43.4 Å². The van der Waals surface area contributed by atoms with E-state index in [4.69, 9.17) is 10.5 Å². The van der Waals surface area contributed by atoms with Crippen LogP contribution in [0.15, 0.2) is 24.3 Å². The highest BCUT2D eigenvalue weighted by molar-refractivity contribution is 6.03. The lowest BCUT2D eigenvalue weighted by atomic mass is 9.94. The van der Waals surface area contributed by atoms with Crippen molar-refractivity contribution in [3.63, 3.8) is 0 Å². The summed E-state index contributed by atoms with van der Waals surface area (Å²) >= 11 is 0. The molecule has 5 rings (SSSR count). The molecular formula is C21H28N4O3. The lowest BCUT2D eigenvalue weighted by molar-refractivity contribution is -0.119. The zero-order chi connectivity index (χ0) is 19.3. The molecule has 3 amide bonds. The fraction of sp³-hybridized carbons (Fsp3) is 0.619. The van der Waals surface area contributed by atoms with Crippen LogP contribution in [0.5, 0.6) is 0 Å².